The van der Waals surface area contributed by atoms with Crippen molar-refractivity contribution < 1.29 is 19.1 Å². The van der Waals surface area contributed by atoms with Crippen molar-refractivity contribution in [2.45, 2.75) is 122 Å². The Balaban J connectivity index is 1.06. The first-order valence-corrected chi connectivity index (χ1v) is 15.3. The van der Waals surface area contributed by atoms with Crippen LogP contribution in [0.15, 0.2) is 30.3 Å². The van der Waals surface area contributed by atoms with Crippen molar-refractivity contribution in [1.29, 1.82) is 0 Å². The van der Waals surface area contributed by atoms with E-state index < -0.39 is 18.5 Å². The van der Waals surface area contributed by atoms with Gasteiger partial charge >= 0.3 is 12.2 Å². The molecule has 0 aromatic heterocycles. The van der Waals surface area contributed by atoms with Gasteiger partial charge in [-0.2, -0.15) is 0 Å². The summed E-state index contributed by atoms with van der Waals surface area (Å²) < 4.78 is 11.9. The normalized spacial score (nSPS) is 47.5. The van der Waals surface area contributed by atoms with E-state index >= 15 is 0 Å². The van der Waals surface area contributed by atoms with Crippen LogP contribution in [0.3, 0.4) is 0 Å². The highest BCUT2D eigenvalue weighted by molar-refractivity contribution is 5.71. The Morgan fingerprint density at radius 2 is 1.03 bits per heavy atom. The maximum atomic E-state index is 13.5. The van der Waals surface area contributed by atoms with Crippen molar-refractivity contribution in [3.05, 3.63) is 35.9 Å². The van der Waals surface area contributed by atoms with Crippen molar-refractivity contribution in [2.75, 3.05) is 0 Å². The number of hydrogen-bond acceptors (Lipinski definition) is 4. The Kier molecular flexibility index (Phi) is 5.38. The zero-order chi connectivity index (χ0) is 27.3. The number of amides is 2. The van der Waals surface area contributed by atoms with E-state index in [4.69, 9.17) is 9.47 Å². The average molecular weight is 535 g/mol. The summed E-state index contributed by atoms with van der Waals surface area (Å²) in [6, 6.07) is 9.38. The van der Waals surface area contributed by atoms with Crippen LogP contribution in [-0.2, 0) is 9.47 Å². The summed E-state index contributed by atoms with van der Waals surface area (Å²) in [4.78, 5) is 26.9. The molecule has 0 heterocycles. The minimum atomic E-state index is -1.09. The van der Waals surface area contributed by atoms with Crippen molar-refractivity contribution in [2.24, 2.45) is 33.5 Å². The van der Waals surface area contributed by atoms with Crippen LogP contribution in [0.5, 0.6) is 0 Å². The van der Waals surface area contributed by atoms with Crippen molar-refractivity contribution in [1.82, 2.24) is 10.6 Å². The predicted octanol–water partition coefficient (Wildman–Crippen LogP) is 7.64. The lowest BCUT2D eigenvalue weighted by atomic mass is 9.43. The highest BCUT2D eigenvalue weighted by Gasteiger charge is 2.62. The van der Waals surface area contributed by atoms with Crippen LogP contribution in [0.2, 0.25) is 0 Å². The molecule has 0 spiro atoms. The summed E-state index contributed by atoms with van der Waals surface area (Å²) in [5.74, 6) is 1.32. The third-order valence-corrected chi connectivity index (χ3v) is 11.5. The summed E-state index contributed by atoms with van der Waals surface area (Å²) in [7, 11) is 0. The van der Waals surface area contributed by atoms with Gasteiger partial charge in [-0.15, -0.1) is 0 Å². The number of ether oxygens (including phenoxy) is 2. The molecule has 6 nitrogen and oxygen atoms in total. The molecule has 8 saturated carbocycles. The van der Waals surface area contributed by atoms with E-state index in [0.29, 0.717) is 17.4 Å². The summed E-state index contributed by atoms with van der Waals surface area (Å²) in [5, 5.41) is 6.62. The molecule has 1 aromatic carbocycles. The molecule has 1 aromatic rings. The zero-order valence-corrected chi connectivity index (χ0v) is 24.2. The van der Waals surface area contributed by atoms with Gasteiger partial charge in [0.1, 0.15) is 0 Å². The number of carbonyl (C=O) groups excluding carboxylic acids is 2. The Hall–Kier alpha value is -2.24. The van der Waals surface area contributed by atoms with Crippen molar-refractivity contribution in [3.8, 4) is 0 Å². The molecular formula is C33H46N2O4. The first-order chi connectivity index (χ1) is 18.3. The monoisotopic (exact) mass is 534 g/mol. The van der Waals surface area contributed by atoms with E-state index in [0.717, 1.165) is 38.5 Å². The standard InChI is InChI=1S/C33H46N2O4/c1-28-10-22-11-29(2,16-28)19-32(14-22,18-28)34-26(36)38-25(24-8-6-5-7-9-24)39-27(37)35-33-15-23-12-30(3,20-33)17-31(4,13-23)21-33/h5-9,22-23,25H,10-21H2,1-4H3,(H,34,36)(H,35,37). The van der Waals surface area contributed by atoms with Crippen LogP contribution in [0.1, 0.15) is 117 Å². The number of carbonyl (C=O) groups is 2. The minimum Gasteiger partial charge on any atom is -0.404 e. The van der Waals surface area contributed by atoms with Gasteiger partial charge in [-0.1, -0.05) is 58.0 Å². The Morgan fingerprint density at radius 3 is 1.38 bits per heavy atom. The van der Waals surface area contributed by atoms with Gasteiger partial charge in [0.15, 0.2) is 0 Å². The first-order valence-electron chi connectivity index (χ1n) is 15.3. The molecule has 6 heteroatoms. The van der Waals surface area contributed by atoms with Gasteiger partial charge in [-0.05, 0) is 111 Å². The van der Waals surface area contributed by atoms with Gasteiger partial charge in [0.25, 0.3) is 6.29 Å². The lowest BCUT2D eigenvalue weighted by Crippen LogP contribution is -2.65. The van der Waals surface area contributed by atoms with Crippen LogP contribution in [0.25, 0.3) is 0 Å². The number of nitrogens with one attached hydrogen (secondary N) is 2. The highest BCUT2D eigenvalue weighted by atomic mass is 16.7. The molecule has 4 unspecified atom stereocenters. The van der Waals surface area contributed by atoms with Gasteiger partial charge in [-0.3, -0.25) is 0 Å². The van der Waals surface area contributed by atoms with E-state index in [2.05, 4.69) is 38.3 Å². The summed E-state index contributed by atoms with van der Waals surface area (Å²) in [6.45, 7) is 9.57. The van der Waals surface area contributed by atoms with Gasteiger partial charge in [0.05, 0.1) is 0 Å². The minimum absolute atomic E-state index is 0.229. The second kappa shape index (κ2) is 8.16. The molecule has 39 heavy (non-hydrogen) atoms. The van der Waals surface area contributed by atoms with Crippen molar-refractivity contribution in [3.63, 3.8) is 0 Å². The van der Waals surface area contributed by atoms with Crippen LogP contribution in [0.4, 0.5) is 9.59 Å². The molecule has 8 fully saturated rings. The Morgan fingerprint density at radius 1 is 0.641 bits per heavy atom. The van der Waals surface area contributed by atoms with Gasteiger partial charge in [-0.25, -0.2) is 9.59 Å². The van der Waals surface area contributed by atoms with Gasteiger partial charge < -0.3 is 20.1 Å². The lowest BCUT2D eigenvalue weighted by Gasteiger charge is -2.65. The molecule has 4 atom stereocenters. The Labute approximate surface area is 233 Å². The van der Waals surface area contributed by atoms with Crippen LogP contribution < -0.4 is 10.6 Å². The zero-order valence-electron chi connectivity index (χ0n) is 24.2. The van der Waals surface area contributed by atoms with Gasteiger partial charge in [0, 0.05) is 16.6 Å². The summed E-state index contributed by atoms with van der Waals surface area (Å²) in [5.41, 5.74) is 1.32. The molecule has 8 bridgehead atoms. The maximum absolute atomic E-state index is 13.5. The molecule has 0 radical (unpaired) electrons. The van der Waals surface area contributed by atoms with E-state index in [1.165, 1.54) is 38.5 Å². The van der Waals surface area contributed by atoms with E-state index in [1.54, 1.807) is 0 Å². The fourth-order valence-electron chi connectivity index (χ4n) is 12.6. The van der Waals surface area contributed by atoms with E-state index in [-0.39, 0.29) is 32.7 Å². The molecule has 2 N–H and O–H groups in total. The fourth-order valence-corrected chi connectivity index (χ4v) is 12.6. The SMILES string of the molecule is CC12CC3CC(C)(C1)CC(NC(=O)OC(OC(=O)NC14CC5CC(C)(CC(C)(C5)C1)C4)c1ccccc1)(C3)C2. The number of alkyl carbamates (subject to hydrolysis) is 2. The molecule has 0 aliphatic heterocycles. The van der Waals surface area contributed by atoms with Crippen LogP contribution in [0, 0.1) is 33.5 Å². The van der Waals surface area contributed by atoms with Crippen LogP contribution >= 0.6 is 0 Å². The number of hydrogen-bond donors (Lipinski definition) is 2. The van der Waals surface area contributed by atoms with Crippen molar-refractivity contribution >= 4 is 12.2 Å². The highest BCUT2D eigenvalue weighted by Crippen LogP contribution is 2.67. The fraction of sp³-hybridized carbons (Fsp3) is 0.758. The number of rotatable bonds is 5. The average Bonchev–Trinajstić information content (AvgIpc) is 2.73. The Bertz CT molecular complexity index is 1070. The van der Waals surface area contributed by atoms with Crippen LogP contribution in [-0.4, -0.2) is 23.3 Å². The quantitative estimate of drug-likeness (QED) is 0.381. The number of benzene rings is 1. The van der Waals surface area contributed by atoms with E-state index in [9.17, 15) is 9.59 Å². The molecule has 0 saturated heterocycles. The molecule has 8 aliphatic rings. The predicted molar refractivity (Wildman–Crippen MR) is 149 cm³/mol. The third-order valence-electron chi connectivity index (χ3n) is 11.5. The summed E-state index contributed by atoms with van der Waals surface area (Å²) in [6.07, 6.45) is 11.5. The van der Waals surface area contributed by atoms with E-state index in [1.807, 2.05) is 30.3 Å². The molecule has 9 rings (SSSR count). The second-order valence-corrected chi connectivity index (χ2v) is 16.6. The molecule has 212 valence electrons. The largest absolute Gasteiger partial charge is 0.410 e. The topological polar surface area (TPSA) is 76.7 Å². The lowest BCUT2D eigenvalue weighted by molar-refractivity contribution is -0.125. The molecule has 2 amide bonds. The maximum Gasteiger partial charge on any atom is 0.410 e. The van der Waals surface area contributed by atoms with Gasteiger partial charge in [0.2, 0.25) is 0 Å². The second-order valence-electron chi connectivity index (χ2n) is 16.6. The molecular weight excluding hydrogens is 488 g/mol. The molecule has 8 aliphatic carbocycles. The smallest absolute Gasteiger partial charge is 0.404 e. The first kappa shape index (κ1) is 25.7. The summed E-state index contributed by atoms with van der Waals surface area (Å²) >= 11 is 0. The third kappa shape index (κ3) is 4.64.